The zero-order chi connectivity index (χ0) is 15.1. The largest absolute Gasteiger partial charge is 0.478 e. The van der Waals surface area contributed by atoms with Crippen molar-refractivity contribution in [2.75, 3.05) is 13.7 Å². The molecule has 0 aliphatic carbocycles. The Kier molecular flexibility index (Phi) is 6.52. The smallest absolute Gasteiger partial charge is 0.347 e. The van der Waals surface area contributed by atoms with Crippen LogP contribution in [0, 0.1) is 6.92 Å². The number of nitrogens with one attached hydrogen (secondary N) is 1. The lowest BCUT2D eigenvalue weighted by Gasteiger charge is -2.21. The summed E-state index contributed by atoms with van der Waals surface area (Å²) < 4.78 is 10.9. The number of benzene rings is 1. The highest BCUT2D eigenvalue weighted by Gasteiger charge is 2.22. The van der Waals surface area contributed by atoms with Crippen molar-refractivity contribution in [1.29, 1.82) is 0 Å². The highest BCUT2D eigenvalue weighted by atomic mass is 16.6. The molecule has 0 radical (unpaired) electrons. The van der Waals surface area contributed by atoms with Gasteiger partial charge in [-0.3, -0.25) is 0 Å². The first-order valence-corrected chi connectivity index (χ1v) is 7.14. The summed E-state index contributed by atoms with van der Waals surface area (Å²) in [5, 5.41) is 3.19. The number of hydrogen-bond acceptors (Lipinski definition) is 4. The molecule has 0 fully saturated rings. The SMILES string of the molecule is CCOC(=O)C(CC)Oc1cc(C)ccc1C(C)NC. The average molecular weight is 279 g/mol. The molecule has 1 rings (SSSR count). The number of hydrogen-bond donors (Lipinski definition) is 1. The molecule has 2 unspecified atom stereocenters. The van der Waals surface area contributed by atoms with Gasteiger partial charge in [-0.25, -0.2) is 4.79 Å². The standard InChI is InChI=1S/C16H25NO3/c1-6-14(16(18)19-7-2)20-15-10-11(3)8-9-13(15)12(4)17-5/h8-10,12,14,17H,6-7H2,1-5H3. The van der Waals surface area contributed by atoms with Crippen LogP contribution in [-0.2, 0) is 9.53 Å². The monoisotopic (exact) mass is 279 g/mol. The van der Waals surface area contributed by atoms with Gasteiger partial charge in [0, 0.05) is 11.6 Å². The van der Waals surface area contributed by atoms with E-state index in [1.165, 1.54) is 0 Å². The van der Waals surface area contributed by atoms with Crippen molar-refractivity contribution in [1.82, 2.24) is 5.32 Å². The molecule has 0 bridgehead atoms. The molecule has 0 saturated carbocycles. The second-order valence-corrected chi connectivity index (χ2v) is 4.82. The van der Waals surface area contributed by atoms with Gasteiger partial charge in [0.2, 0.25) is 0 Å². The maximum atomic E-state index is 11.9. The quantitative estimate of drug-likeness (QED) is 0.779. The summed E-state index contributed by atoms with van der Waals surface area (Å²) in [6, 6.07) is 6.20. The molecule has 1 aromatic carbocycles. The molecule has 4 heteroatoms. The third-order valence-corrected chi connectivity index (χ3v) is 3.26. The lowest BCUT2D eigenvalue weighted by Crippen LogP contribution is -2.29. The van der Waals surface area contributed by atoms with Crippen molar-refractivity contribution in [3.63, 3.8) is 0 Å². The van der Waals surface area contributed by atoms with Gasteiger partial charge in [0.1, 0.15) is 5.75 Å². The maximum Gasteiger partial charge on any atom is 0.347 e. The fourth-order valence-corrected chi connectivity index (χ4v) is 1.94. The maximum absolute atomic E-state index is 11.9. The minimum Gasteiger partial charge on any atom is -0.478 e. The number of esters is 1. The molecule has 0 amide bonds. The van der Waals surface area contributed by atoms with Gasteiger partial charge in [0.25, 0.3) is 0 Å². The Morgan fingerprint density at radius 3 is 2.60 bits per heavy atom. The molecule has 0 aromatic heterocycles. The molecular formula is C16H25NO3. The number of aryl methyl sites for hydroxylation is 1. The van der Waals surface area contributed by atoms with Crippen LogP contribution < -0.4 is 10.1 Å². The number of carbonyl (C=O) groups is 1. The molecule has 2 atom stereocenters. The fourth-order valence-electron chi connectivity index (χ4n) is 1.94. The van der Waals surface area contributed by atoms with Crippen molar-refractivity contribution in [3.8, 4) is 5.75 Å². The van der Waals surface area contributed by atoms with E-state index in [0.29, 0.717) is 13.0 Å². The molecular weight excluding hydrogens is 254 g/mol. The van der Waals surface area contributed by atoms with Crippen LogP contribution in [0.15, 0.2) is 18.2 Å². The molecule has 4 nitrogen and oxygen atoms in total. The summed E-state index contributed by atoms with van der Waals surface area (Å²) in [4.78, 5) is 11.9. The van der Waals surface area contributed by atoms with Crippen LogP contribution in [-0.4, -0.2) is 25.7 Å². The van der Waals surface area contributed by atoms with Crippen LogP contribution in [0.5, 0.6) is 5.75 Å². The first-order chi connectivity index (χ1) is 9.53. The van der Waals surface area contributed by atoms with Crippen LogP contribution in [0.25, 0.3) is 0 Å². The van der Waals surface area contributed by atoms with Crippen LogP contribution in [0.3, 0.4) is 0 Å². The second-order valence-electron chi connectivity index (χ2n) is 4.82. The zero-order valence-corrected chi connectivity index (χ0v) is 13.0. The van der Waals surface area contributed by atoms with Crippen LogP contribution in [0.2, 0.25) is 0 Å². The molecule has 0 saturated heterocycles. The summed E-state index contributed by atoms with van der Waals surface area (Å²) in [6.07, 6.45) is 0.0275. The molecule has 1 aromatic rings. The molecule has 1 N–H and O–H groups in total. The Balaban J connectivity index is 2.99. The fraction of sp³-hybridized carbons (Fsp3) is 0.562. The van der Waals surface area contributed by atoms with E-state index in [2.05, 4.69) is 12.2 Å². The topological polar surface area (TPSA) is 47.6 Å². The Bertz CT molecular complexity index is 445. The van der Waals surface area contributed by atoms with Gasteiger partial charge in [-0.05, 0) is 45.9 Å². The Morgan fingerprint density at radius 2 is 2.05 bits per heavy atom. The van der Waals surface area contributed by atoms with E-state index in [4.69, 9.17) is 9.47 Å². The lowest BCUT2D eigenvalue weighted by atomic mass is 10.0. The molecule has 0 aliphatic heterocycles. The first kappa shape index (κ1) is 16.5. The predicted molar refractivity (Wildman–Crippen MR) is 80.0 cm³/mol. The van der Waals surface area contributed by atoms with Crippen molar-refractivity contribution < 1.29 is 14.3 Å². The number of ether oxygens (including phenoxy) is 2. The van der Waals surface area contributed by atoms with Gasteiger partial charge >= 0.3 is 5.97 Å². The highest BCUT2D eigenvalue weighted by molar-refractivity contribution is 5.75. The summed E-state index contributed by atoms with van der Waals surface area (Å²) >= 11 is 0. The molecule has 0 spiro atoms. The van der Waals surface area contributed by atoms with Gasteiger partial charge in [-0.1, -0.05) is 19.1 Å². The first-order valence-electron chi connectivity index (χ1n) is 7.14. The summed E-state index contributed by atoms with van der Waals surface area (Å²) in [5.41, 5.74) is 2.15. The Labute approximate surface area is 121 Å². The zero-order valence-electron chi connectivity index (χ0n) is 13.0. The van der Waals surface area contributed by atoms with Crippen LogP contribution in [0.4, 0.5) is 0 Å². The minimum absolute atomic E-state index is 0.158. The van der Waals surface area contributed by atoms with Crippen LogP contribution in [0.1, 0.15) is 44.4 Å². The van der Waals surface area contributed by atoms with E-state index in [1.54, 1.807) is 6.92 Å². The van der Waals surface area contributed by atoms with Crippen molar-refractivity contribution in [2.45, 2.75) is 46.3 Å². The van der Waals surface area contributed by atoms with E-state index in [-0.39, 0.29) is 12.0 Å². The molecule has 0 heterocycles. The number of carbonyl (C=O) groups excluding carboxylic acids is 1. The molecule has 0 aliphatic rings. The lowest BCUT2D eigenvalue weighted by molar-refractivity contribution is -0.151. The third-order valence-electron chi connectivity index (χ3n) is 3.26. The number of rotatable bonds is 7. The van der Waals surface area contributed by atoms with Gasteiger partial charge in [-0.2, -0.15) is 0 Å². The van der Waals surface area contributed by atoms with Gasteiger partial charge in [0.15, 0.2) is 6.10 Å². The van der Waals surface area contributed by atoms with E-state index >= 15 is 0 Å². The summed E-state index contributed by atoms with van der Waals surface area (Å²) in [5.74, 6) is 0.436. The summed E-state index contributed by atoms with van der Waals surface area (Å²) in [7, 11) is 1.90. The van der Waals surface area contributed by atoms with Gasteiger partial charge < -0.3 is 14.8 Å². The van der Waals surface area contributed by atoms with E-state index in [9.17, 15) is 4.79 Å². The second kappa shape index (κ2) is 7.90. The summed E-state index contributed by atoms with van der Waals surface area (Å²) in [6.45, 7) is 8.14. The Morgan fingerprint density at radius 1 is 1.35 bits per heavy atom. The average Bonchev–Trinajstić information content (AvgIpc) is 2.44. The van der Waals surface area contributed by atoms with Gasteiger partial charge in [0.05, 0.1) is 6.61 Å². The van der Waals surface area contributed by atoms with E-state index in [1.807, 2.05) is 39.1 Å². The van der Waals surface area contributed by atoms with Crippen molar-refractivity contribution in [3.05, 3.63) is 29.3 Å². The van der Waals surface area contributed by atoms with Crippen molar-refractivity contribution in [2.24, 2.45) is 0 Å². The van der Waals surface area contributed by atoms with Crippen molar-refractivity contribution >= 4 is 5.97 Å². The normalized spacial score (nSPS) is 13.7. The molecule has 112 valence electrons. The Hall–Kier alpha value is -1.55. The van der Waals surface area contributed by atoms with E-state index < -0.39 is 6.10 Å². The van der Waals surface area contributed by atoms with Gasteiger partial charge in [-0.15, -0.1) is 0 Å². The minimum atomic E-state index is -0.556. The third kappa shape index (κ3) is 4.23. The molecule has 20 heavy (non-hydrogen) atoms. The van der Waals surface area contributed by atoms with E-state index in [0.717, 1.165) is 16.9 Å². The van der Waals surface area contributed by atoms with Crippen LogP contribution >= 0.6 is 0 Å². The predicted octanol–water partition coefficient (Wildman–Crippen LogP) is 3.00. The highest BCUT2D eigenvalue weighted by Crippen LogP contribution is 2.27.